The Kier molecular flexibility index (Phi) is 4.85. The molecular weight excluding hydrogens is 288 g/mol. The van der Waals surface area contributed by atoms with Crippen LogP contribution in [-0.4, -0.2) is 80.3 Å². The van der Waals surface area contributed by atoms with Crippen LogP contribution in [0.25, 0.3) is 0 Å². The Morgan fingerprint density at radius 1 is 1.00 bits per heavy atom. The van der Waals surface area contributed by atoms with E-state index in [0.717, 1.165) is 51.9 Å². The zero-order chi connectivity index (χ0) is 14.9. The molecule has 0 atom stereocenters. The van der Waals surface area contributed by atoms with E-state index in [2.05, 4.69) is 10.2 Å². The molecule has 0 aromatic rings. The molecule has 0 spiro atoms. The van der Waals surface area contributed by atoms with Gasteiger partial charge < -0.3 is 5.32 Å². The molecule has 1 N–H and O–H groups in total. The van der Waals surface area contributed by atoms with Crippen LogP contribution in [0.2, 0.25) is 0 Å². The van der Waals surface area contributed by atoms with Crippen LogP contribution in [0.3, 0.4) is 0 Å². The van der Waals surface area contributed by atoms with Gasteiger partial charge in [-0.05, 0) is 12.8 Å². The van der Waals surface area contributed by atoms with Crippen LogP contribution in [-0.2, 0) is 10.2 Å². The molecule has 3 fully saturated rings. The van der Waals surface area contributed by atoms with E-state index in [9.17, 15) is 8.42 Å². The quantitative estimate of drug-likeness (QED) is 0.798. The smallest absolute Gasteiger partial charge is 0.282 e. The van der Waals surface area contributed by atoms with Gasteiger partial charge in [0.2, 0.25) is 0 Å². The van der Waals surface area contributed by atoms with Crippen molar-refractivity contribution in [1.29, 1.82) is 0 Å². The zero-order valence-electron chi connectivity index (χ0n) is 13.0. The van der Waals surface area contributed by atoms with Crippen molar-refractivity contribution in [2.24, 2.45) is 0 Å². The Labute approximate surface area is 128 Å². The van der Waals surface area contributed by atoms with Gasteiger partial charge in [-0.25, -0.2) is 0 Å². The third-order valence-corrected chi connectivity index (χ3v) is 7.37. The number of hydrogen-bond donors (Lipinski definition) is 1. The fraction of sp³-hybridized carbons (Fsp3) is 1.00. The highest BCUT2D eigenvalue weighted by atomic mass is 32.2. The molecule has 0 aromatic heterocycles. The highest BCUT2D eigenvalue weighted by Gasteiger charge is 2.36. The molecule has 0 unspecified atom stereocenters. The van der Waals surface area contributed by atoms with Crippen molar-refractivity contribution in [3.8, 4) is 0 Å². The minimum absolute atomic E-state index is 0.206. The summed E-state index contributed by atoms with van der Waals surface area (Å²) in [5.74, 6) is 0. The number of nitrogens with zero attached hydrogens (tertiary/aromatic N) is 3. The summed E-state index contributed by atoms with van der Waals surface area (Å²) in [7, 11) is -1.50. The molecule has 21 heavy (non-hydrogen) atoms. The predicted molar refractivity (Wildman–Crippen MR) is 83.4 cm³/mol. The lowest BCUT2D eigenvalue weighted by Crippen LogP contribution is -2.63. The minimum Gasteiger partial charge on any atom is -0.314 e. The summed E-state index contributed by atoms with van der Waals surface area (Å²) in [6.07, 6.45) is 5.60. The molecule has 7 heteroatoms. The van der Waals surface area contributed by atoms with Crippen LogP contribution in [0.15, 0.2) is 0 Å². The fourth-order valence-electron chi connectivity index (χ4n) is 3.65. The van der Waals surface area contributed by atoms with Gasteiger partial charge in [0.15, 0.2) is 0 Å². The van der Waals surface area contributed by atoms with Gasteiger partial charge in [-0.3, -0.25) is 4.90 Å². The third kappa shape index (κ3) is 3.27. The summed E-state index contributed by atoms with van der Waals surface area (Å²) in [5, 5.41) is 3.28. The molecule has 2 aliphatic heterocycles. The molecule has 6 nitrogen and oxygen atoms in total. The van der Waals surface area contributed by atoms with Gasteiger partial charge in [-0.2, -0.15) is 17.0 Å². The first-order chi connectivity index (χ1) is 10.1. The summed E-state index contributed by atoms with van der Waals surface area (Å²) < 4.78 is 28.9. The van der Waals surface area contributed by atoms with E-state index in [1.807, 2.05) is 0 Å². The third-order valence-electron chi connectivity index (χ3n) is 5.33. The molecule has 3 rings (SSSR count). The Morgan fingerprint density at radius 3 is 2.14 bits per heavy atom. The van der Waals surface area contributed by atoms with Crippen molar-refractivity contribution >= 4 is 10.2 Å². The Bertz CT molecular complexity index is 438. The molecule has 2 saturated heterocycles. The van der Waals surface area contributed by atoms with Gasteiger partial charge in [0, 0.05) is 58.4 Å². The average Bonchev–Trinajstić information content (AvgIpc) is 2.46. The van der Waals surface area contributed by atoms with Crippen LogP contribution in [0, 0.1) is 0 Å². The largest absolute Gasteiger partial charge is 0.314 e. The molecule has 3 aliphatic rings. The van der Waals surface area contributed by atoms with E-state index in [1.165, 1.54) is 6.42 Å². The van der Waals surface area contributed by atoms with Crippen LogP contribution in [0.4, 0.5) is 0 Å². The monoisotopic (exact) mass is 316 g/mol. The van der Waals surface area contributed by atoms with Gasteiger partial charge in [0.1, 0.15) is 0 Å². The van der Waals surface area contributed by atoms with Crippen molar-refractivity contribution in [3.05, 3.63) is 0 Å². The maximum atomic E-state index is 12.8. The van der Waals surface area contributed by atoms with Crippen molar-refractivity contribution < 1.29 is 8.42 Å². The van der Waals surface area contributed by atoms with E-state index in [0.29, 0.717) is 19.1 Å². The maximum Gasteiger partial charge on any atom is 0.282 e. The molecular formula is C14H28N4O2S. The second-order valence-corrected chi connectivity index (χ2v) is 8.55. The number of nitrogens with one attached hydrogen (secondary N) is 1. The maximum absolute atomic E-state index is 12.8. The molecule has 2 heterocycles. The Morgan fingerprint density at radius 2 is 1.62 bits per heavy atom. The van der Waals surface area contributed by atoms with Crippen LogP contribution in [0.5, 0.6) is 0 Å². The SMILES string of the molecule is CN(C1CCCCC1)S(=O)(=O)N1CCN(C2CNC2)CC1. The highest BCUT2D eigenvalue weighted by Crippen LogP contribution is 2.25. The van der Waals surface area contributed by atoms with E-state index >= 15 is 0 Å². The number of hydrogen-bond acceptors (Lipinski definition) is 4. The van der Waals surface area contributed by atoms with E-state index < -0.39 is 10.2 Å². The lowest BCUT2D eigenvalue weighted by molar-refractivity contribution is 0.0997. The van der Waals surface area contributed by atoms with Crippen molar-refractivity contribution in [3.63, 3.8) is 0 Å². The van der Waals surface area contributed by atoms with E-state index in [4.69, 9.17) is 0 Å². The van der Waals surface area contributed by atoms with Crippen molar-refractivity contribution in [1.82, 2.24) is 18.8 Å². The van der Waals surface area contributed by atoms with E-state index in [1.54, 1.807) is 15.7 Å². The molecule has 1 aliphatic carbocycles. The second-order valence-electron chi connectivity index (χ2n) is 6.56. The normalized spacial score (nSPS) is 27.9. The van der Waals surface area contributed by atoms with Crippen LogP contribution >= 0.6 is 0 Å². The second kappa shape index (κ2) is 6.50. The first kappa shape index (κ1) is 15.7. The first-order valence-electron chi connectivity index (χ1n) is 8.27. The van der Waals surface area contributed by atoms with Gasteiger partial charge in [0.05, 0.1) is 0 Å². The summed E-state index contributed by atoms with van der Waals surface area (Å²) in [4.78, 5) is 2.42. The minimum atomic E-state index is -3.28. The average molecular weight is 316 g/mol. The summed E-state index contributed by atoms with van der Waals surface area (Å²) in [6, 6.07) is 0.823. The molecule has 0 bridgehead atoms. The van der Waals surface area contributed by atoms with Gasteiger partial charge in [-0.1, -0.05) is 19.3 Å². The summed E-state index contributed by atoms with van der Waals surface area (Å²) in [5.41, 5.74) is 0. The lowest BCUT2D eigenvalue weighted by atomic mass is 9.96. The first-order valence-corrected chi connectivity index (χ1v) is 9.66. The Hall–Kier alpha value is -0.210. The molecule has 122 valence electrons. The van der Waals surface area contributed by atoms with Crippen molar-refractivity contribution in [2.45, 2.75) is 44.2 Å². The lowest BCUT2D eigenvalue weighted by Gasteiger charge is -2.44. The number of piperazine rings is 1. The van der Waals surface area contributed by atoms with Crippen LogP contribution < -0.4 is 5.32 Å². The van der Waals surface area contributed by atoms with Gasteiger partial charge in [0.25, 0.3) is 10.2 Å². The Balaban J connectivity index is 1.57. The van der Waals surface area contributed by atoms with Crippen LogP contribution in [0.1, 0.15) is 32.1 Å². The highest BCUT2D eigenvalue weighted by molar-refractivity contribution is 7.86. The molecule has 0 radical (unpaired) electrons. The topological polar surface area (TPSA) is 55.9 Å². The van der Waals surface area contributed by atoms with Crippen molar-refractivity contribution in [2.75, 3.05) is 46.3 Å². The fourth-order valence-corrected chi connectivity index (χ4v) is 5.22. The summed E-state index contributed by atoms with van der Waals surface area (Å²) in [6.45, 7) is 5.10. The van der Waals surface area contributed by atoms with Gasteiger partial charge in [-0.15, -0.1) is 0 Å². The zero-order valence-corrected chi connectivity index (χ0v) is 13.8. The van der Waals surface area contributed by atoms with E-state index in [-0.39, 0.29) is 6.04 Å². The molecule has 0 amide bonds. The summed E-state index contributed by atoms with van der Waals surface area (Å²) >= 11 is 0. The predicted octanol–water partition coefficient (Wildman–Crippen LogP) is 0.0851. The molecule has 0 aromatic carbocycles. The molecule has 1 saturated carbocycles. The number of rotatable bonds is 4. The standard InChI is InChI=1S/C14H28N4O2S/c1-16(13-5-3-2-4-6-13)21(19,20)18-9-7-17(8-10-18)14-11-15-12-14/h13-15H,2-12H2,1H3. The van der Waals surface area contributed by atoms with Gasteiger partial charge >= 0.3 is 0 Å².